The van der Waals surface area contributed by atoms with Crippen molar-refractivity contribution in [2.45, 2.75) is 45.7 Å². The second kappa shape index (κ2) is 6.59. The summed E-state index contributed by atoms with van der Waals surface area (Å²) in [5.41, 5.74) is 1.46. The molecule has 0 amide bonds. The fourth-order valence-corrected chi connectivity index (χ4v) is 3.23. The normalized spacial score (nSPS) is 23.3. The first kappa shape index (κ1) is 15.3. The van der Waals surface area contributed by atoms with Gasteiger partial charge < -0.3 is 9.84 Å². The van der Waals surface area contributed by atoms with Crippen LogP contribution in [0, 0.1) is 5.41 Å². The molecule has 0 saturated carbocycles. The zero-order valence-corrected chi connectivity index (χ0v) is 12.9. The van der Waals surface area contributed by atoms with Gasteiger partial charge in [-0.3, -0.25) is 4.90 Å². The summed E-state index contributed by atoms with van der Waals surface area (Å²) in [5.74, 6) is 0.892. The van der Waals surface area contributed by atoms with Crippen molar-refractivity contribution in [3.05, 3.63) is 29.8 Å². The molecule has 1 aromatic carbocycles. The molecule has 20 heavy (non-hydrogen) atoms. The first-order chi connectivity index (χ1) is 9.56. The van der Waals surface area contributed by atoms with E-state index in [1.54, 1.807) is 7.11 Å². The molecule has 0 bridgehead atoms. The minimum absolute atomic E-state index is 0.178. The van der Waals surface area contributed by atoms with Gasteiger partial charge in [-0.05, 0) is 42.5 Å². The van der Waals surface area contributed by atoms with Gasteiger partial charge in [0, 0.05) is 12.6 Å². The Bertz CT molecular complexity index is 414. The number of benzene rings is 1. The van der Waals surface area contributed by atoms with E-state index in [1.807, 2.05) is 12.1 Å². The fraction of sp³-hybridized carbons (Fsp3) is 0.647. The van der Waals surface area contributed by atoms with E-state index in [1.165, 1.54) is 24.8 Å². The van der Waals surface area contributed by atoms with Crippen LogP contribution in [0.3, 0.4) is 0 Å². The summed E-state index contributed by atoms with van der Waals surface area (Å²) in [6, 6.07) is 8.49. The predicted octanol–water partition coefficient (Wildman–Crippen LogP) is 3.07. The first-order valence-corrected chi connectivity index (χ1v) is 7.54. The number of aliphatic hydroxyl groups excluding tert-OH is 1. The topological polar surface area (TPSA) is 32.7 Å². The number of aliphatic hydroxyl groups is 1. The summed E-state index contributed by atoms with van der Waals surface area (Å²) in [5, 5.41) is 9.82. The Hall–Kier alpha value is -1.06. The number of ether oxygens (including phenoxy) is 1. The van der Waals surface area contributed by atoms with Crippen molar-refractivity contribution < 1.29 is 9.84 Å². The molecule has 0 spiro atoms. The Labute approximate surface area is 122 Å². The molecule has 0 aromatic heterocycles. The zero-order chi connectivity index (χ0) is 14.6. The Morgan fingerprint density at radius 3 is 2.55 bits per heavy atom. The van der Waals surface area contributed by atoms with Crippen LogP contribution in [0.25, 0.3) is 0 Å². The second-order valence-electron chi connectivity index (χ2n) is 6.46. The van der Waals surface area contributed by atoms with Gasteiger partial charge in [0.2, 0.25) is 0 Å². The average molecular weight is 277 g/mol. The van der Waals surface area contributed by atoms with Crippen LogP contribution >= 0.6 is 0 Å². The van der Waals surface area contributed by atoms with E-state index in [4.69, 9.17) is 4.74 Å². The minimum atomic E-state index is 0.178. The summed E-state index contributed by atoms with van der Waals surface area (Å²) in [4.78, 5) is 2.44. The van der Waals surface area contributed by atoms with Crippen molar-refractivity contribution in [2.24, 2.45) is 5.41 Å². The summed E-state index contributed by atoms with van der Waals surface area (Å²) >= 11 is 0. The molecule has 0 radical (unpaired) electrons. The molecule has 1 aromatic rings. The molecule has 1 N–H and O–H groups in total. The van der Waals surface area contributed by atoms with Crippen LogP contribution in [-0.4, -0.2) is 36.3 Å². The van der Waals surface area contributed by atoms with Crippen LogP contribution < -0.4 is 4.74 Å². The maximum Gasteiger partial charge on any atom is 0.118 e. The van der Waals surface area contributed by atoms with Crippen LogP contribution in [0.1, 0.15) is 38.7 Å². The van der Waals surface area contributed by atoms with Gasteiger partial charge in [-0.15, -0.1) is 0 Å². The lowest BCUT2D eigenvalue weighted by molar-refractivity contribution is 0.0431. The maximum absolute atomic E-state index is 9.82. The predicted molar refractivity (Wildman–Crippen MR) is 81.9 cm³/mol. The highest BCUT2D eigenvalue weighted by Gasteiger charge is 2.35. The minimum Gasteiger partial charge on any atom is -0.497 e. The number of hydrogen-bond donors (Lipinski definition) is 1. The van der Waals surface area contributed by atoms with E-state index in [-0.39, 0.29) is 18.1 Å². The van der Waals surface area contributed by atoms with E-state index in [0.29, 0.717) is 0 Å². The van der Waals surface area contributed by atoms with Crippen LogP contribution in [0.4, 0.5) is 0 Å². The molecular formula is C17H27NO2. The van der Waals surface area contributed by atoms with Gasteiger partial charge >= 0.3 is 0 Å². The van der Waals surface area contributed by atoms with Crippen LogP contribution in [0.5, 0.6) is 5.75 Å². The molecule has 2 rings (SSSR count). The van der Waals surface area contributed by atoms with Crippen molar-refractivity contribution >= 4 is 0 Å². The quantitative estimate of drug-likeness (QED) is 0.918. The van der Waals surface area contributed by atoms with Gasteiger partial charge in [-0.25, -0.2) is 0 Å². The Kier molecular flexibility index (Phi) is 5.06. The van der Waals surface area contributed by atoms with Gasteiger partial charge in [0.1, 0.15) is 5.75 Å². The maximum atomic E-state index is 9.82. The molecule has 3 nitrogen and oxygen atoms in total. The van der Waals surface area contributed by atoms with Crippen molar-refractivity contribution in [1.29, 1.82) is 0 Å². The van der Waals surface area contributed by atoms with Gasteiger partial charge in [0.15, 0.2) is 0 Å². The van der Waals surface area contributed by atoms with Gasteiger partial charge in [0.05, 0.1) is 13.7 Å². The molecule has 1 unspecified atom stereocenters. The monoisotopic (exact) mass is 277 g/mol. The smallest absolute Gasteiger partial charge is 0.118 e. The lowest BCUT2D eigenvalue weighted by Crippen LogP contribution is -2.46. The Morgan fingerprint density at radius 1 is 1.25 bits per heavy atom. The number of methoxy groups -OCH3 is 1. The summed E-state index contributed by atoms with van der Waals surface area (Å²) in [6.07, 6.45) is 3.66. The lowest BCUT2D eigenvalue weighted by atomic mass is 9.80. The first-order valence-electron chi connectivity index (χ1n) is 7.54. The molecule has 1 fully saturated rings. The fourth-order valence-electron chi connectivity index (χ4n) is 3.23. The third kappa shape index (κ3) is 3.53. The standard InChI is InChI=1S/C17H27NO2/c1-17(2)10-4-5-11-18(16(17)13-19)12-14-6-8-15(20-3)9-7-14/h6-9,16,19H,4-5,10-13H2,1-3H3. The van der Waals surface area contributed by atoms with Gasteiger partial charge in [-0.2, -0.15) is 0 Å². The van der Waals surface area contributed by atoms with E-state index in [2.05, 4.69) is 30.9 Å². The highest BCUT2D eigenvalue weighted by Crippen LogP contribution is 2.34. The van der Waals surface area contributed by atoms with Gasteiger partial charge in [-0.1, -0.05) is 32.4 Å². The number of hydrogen-bond acceptors (Lipinski definition) is 3. The van der Waals surface area contributed by atoms with E-state index in [0.717, 1.165) is 18.8 Å². The third-order valence-corrected chi connectivity index (χ3v) is 4.58. The highest BCUT2D eigenvalue weighted by molar-refractivity contribution is 5.27. The molecule has 1 saturated heterocycles. The van der Waals surface area contributed by atoms with Crippen molar-refractivity contribution in [3.8, 4) is 5.75 Å². The Morgan fingerprint density at radius 2 is 1.95 bits per heavy atom. The number of likely N-dealkylation sites (tertiary alicyclic amines) is 1. The largest absolute Gasteiger partial charge is 0.497 e. The van der Waals surface area contributed by atoms with Crippen LogP contribution in [0.2, 0.25) is 0 Å². The Balaban J connectivity index is 2.11. The van der Waals surface area contributed by atoms with Crippen molar-refractivity contribution in [2.75, 3.05) is 20.3 Å². The van der Waals surface area contributed by atoms with E-state index in [9.17, 15) is 5.11 Å². The van der Waals surface area contributed by atoms with E-state index >= 15 is 0 Å². The van der Waals surface area contributed by atoms with E-state index < -0.39 is 0 Å². The summed E-state index contributed by atoms with van der Waals surface area (Å²) in [7, 11) is 1.69. The molecule has 1 atom stereocenters. The molecule has 3 heteroatoms. The second-order valence-corrected chi connectivity index (χ2v) is 6.46. The molecule has 112 valence electrons. The molecule has 1 heterocycles. The summed E-state index contributed by atoms with van der Waals surface area (Å²) in [6.45, 7) is 6.77. The molecule has 0 aliphatic carbocycles. The molecule has 1 aliphatic rings. The SMILES string of the molecule is COc1ccc(CN2CCCCC(C)(C)C2CO)cc1. The van der Waals surface area contributed by atoms with Crippen LogP contribution in [0.15, 0.2) is 24.3 Å². The highest BCUT2D eigenvalue weighted by atomic mass is 16.5. The average Bonchev–Trinajstić information content (AvgIpc) is 2.57. The summed E-state index contributed by atoms with van der Waals surface area (Å²) < 4.78 is 5.20. The molecular weight excluding hydrogens is 250 g/mol. The molecule has 1 aliphatic heterocycles. The number of rotatable bonds is 4. The number of nitrogens with zero attached hydrogens (tertiary/aromatic N) is 1. The van der Waals surface area contributed by atoms with Crippen molar-refractivity contribution in [3.63, 3.8) is 0 Å². The third-order valence-electron chi connectivity index (χ3n) is 4.58. The van der Waals surface area contributed by atoms with Crippen LogP contribution in [-0.2, 0) is 6.54 Å². The van der Waals surface area contributed by atoms with Gasteiger partial charge in [0.25, 0.3) is 0 Å². The van der Waals surface area contributed by atoms with Crippen molar-refractivity contribution in [1.82, 2.24) is 4.90 Å². The lowest BCUT2D eigenvalue weighted by Gasteiger charge is -2.39. The zero-order valence-electron chi connectivity index (χ0n) is 12.9.